The fraction of sp³-hybridized carbons (Fsp3) is 0.500. The van der Waals surface area contributed by atoms with Crippen molar-refractivity contribution in [3.05, 3.63) is 35.4 Å². The first-order valence-electron chi connectivity index (χ1n) is 5.43. The van der Waals surface area contributed by atoms with E-state index in [2.05, 4.69) is 0 Å². The summed E-state index contributed by atoms with van der Waals surface area (Å²) >= 11 is 0. The van der Waals surface area contributed by atoms with Gasteiger partial charge in [-0.2, -0.15) is 13.2 Å². The quantitative estimate of drug-likeness (QED) is 0.828. The number of hydrogen-bond donors (Lipinski definition) is 1. The third-order valence-electron chi connectivity index (χ3n) is 2.79. The summed E-state index contributed by atoms with van der Waals surface area (Å²) < 4.78 is 41.9. The molecule has 1 aromatic carbocycles. The van der Waals surface area contributed by atoms with Gasteiger partial charge in [0.05, 0.1) is 24.4 Å². The molecular weight excluding hydrogens is 233 g/mol. The van der Waals surface area contributed by atoms with Crippen molar-refractivity contribution in [1.29, 1.82) is 0 Å². The van der Waals surface area contributed by atoms with E-state index < -0.39 is 17.8 Å². The van der Waals surface area contributed by atoms with Gasteiger partial charge in [0.1, 0.15) is 0 Å². The maximum atomic E-state index is 12.3. The van der Waals surface area contributed by atoms with Gasteiger partial charge in [0.15, 0.2) is 0 Å². The van der Waals surface area contributed by atoms with Gasteiger partial charge in [0.2, 0.25) is 0 Å². The molecule has 0 aliphatic carbocycles. The molecule has 1 aliphatic rings. The van der Waals surface area contributed by atoms with Gasteiger partial charge in [-0.15, -0.1) is 0 Å². The Kier molecular flexibility index (Phi) is 3.40. The Labute approximate surface area is 97.0 Å². The average Bonchev–Trinajstić information content (AvgIpc) is 3.09. The number of ether oxygens (including phenoxy) is 1. The number of aliphatic hydroxyl groups excluding tert-OH is 1. The van der Waals surface area contributed by atoms with Crippen LogP contribution in [0.2, 0.25) is 0 Å². The summed E-state index contributed by atoms with van der Waals surface area (Å²) in [5.74, 6) is 0. The lowest BCUT2D eigenvalue weighted by Gasteiger charge is -2.12. The van der Waals surface area contributed by atoms with E-state index in [0.29, 0.717) is 12.0 Å². The second-order valence-electron chi connectivity index (χ2n) is 4.17. The van der Waals surface area contributed by atoms with E-state index in [4.69, 9.17) is 4.74 Å². The van der Waals surface area contributed by atoms with Crippen molar-refractivity contribution >= 4 is 0 Å². The molecule has 0 bridgehead atoms. The second-order valence-corrected chi connectivity index (χ2v) is 4.17. The third kappa shape index (κ3) is 3.44. The highest BCUT2D eigenvalue weighted by molar-refractivity contribution is 5.25. The highest BCUT2D eigenvalue weighted by Gasteiger charge is 2.30. The molecule has 17 heavy (non-hydrogen) atoms. The zero-order valence-electron chi connectivity index (χ0n) is 9.07. The molecule has 0 aromatic heterocycles. The molecule has 94 valence electrons. The summed E-state index contributed by atoms with van der Waals surface area (Å²) in [6, 6.07) is 4.63. The minimum atomic E-state index is -4.33. The molecule has 1 aromatic rings. The van der Waals surface area contributed by atoms with Crippen LogP contribution in [0.1, 0.15) is 30.1 Å². The van der Waals surface area contributed by atoms with Gasteiger partial charge in [-0.05, 0) is 30.5 Å². The summed E-state index contributed by atoms with van der Waals surface area (Å²) in [7, 11) is 0. The van der Waals surface area contributed by atoms with Gasteiger partial charge < -0.3 is 9.84 Å². The topological polar surface area (TPSA) is 32.8 Å². The predicted octanol–water partition coefficient (Wildman–Crippen LogP) is 2.92. The molecule has 1 saturated heterocycles. The molecule has 0 spiro atoms. The van der Waals surface area contributed by atoms with Gasteiger partial charge >= 0.3 is 6.18 Å². The van der Waals surface area contributed by atoms with Crippen LogP contribution in [0, 0.1) is 0 Å². The molecule has 2 atom stereocenters. The van der Waals surface area contributed by atoms with Crippen molar-refractivity contribution in [1.82, 2.24) is 0 Å². The summed E-state index contributed by atoms with van der Waals surface area (Å²) in [4.78, 5) is 0. The molecule has 1 fully saturated rings. The minimum Gasteiger partial charge on any atom is -0.388 e. The standard InChI is InChI=1S/C12H13F3O2/c13-12(14,15)9-3-1-8(2-4-9)11(16)6-5-10-7-17-10/h1-4,10-11,16H,5-7H2. The Balaban J connectivity index is 1.96. The number of alkyl halides is 3. The van der Waals surface area contributed by atoms with Crippen LogP contribution >= 0.6 is 0 Å². The number of halogens is 3. The zero-order valence-corrected chi connectivity index (χ0v) is 9.07. The van der Waals surface area contributed by atoms with Crippen LogP contribution in [0.4, 0.5) is 13.2 Å². The van der Waals surface area contributed by atoms with E-state index in [1.807, 2.05) is 0 Å². The zero-order chi connectivity index (χ0) is 12.5. The molecule has 2 unspecified atom stereocenters. The van der Waals surface area contributed by atoms with Crippen LogP contribution < -0.4 is 0 Å². The fourth-order valence-corrected chi connectivity index (χ4v) is 1.64. The molecule has 1 heterocycles. The van der Waals surface area contributed by atoms with Crippen molar-refractivity contribution in [2.24, 2.45) is 0 Å². The van der Waals surface area contributed by atoms with E-state index in [9.17, 15) is 18.3 Å². The smallest absolute Gasteiger partial charge is 0.388 e. The van der Waals surface area contributed by atoms with Crippen LogP contribution in [0.15, 0.2) is 24.3 Å². The third-order valence-corrected chi connectivity index (χ3v) is 2.79. The van der Waals surface area contributed by atoms with E-state index in [1.165, 1.54) is 12.1 Å². The Hall–Kier alpha value is -1.07. The van der Waals surface area contributed by atoms with Crippen molar-refractivity contribution in [3.63, 3.8) is 0 Å². The largest absolute Gasteiger partial charge is 0.416 e. The molecule has 0 amide bonds. The first kappa shape index (κ1) is 12.4. The lowest BCUT2D eigenvalue weighted by Crippen LogP contribution is -2.06. The molecule has 0 radical (unpaired) electrons. The molecular formula is C12H13F3O2. The van der Waals surface area contributed by atoms with Gasteiger partial charge in [0, 0.05) is 0 Å². The maximum absolute atomic E-state index is 12.3. The van der Waals surface area contributed by atoms with Gasteiger partial charge in [-0.25, -0.2) is 0 Å². The number of hydrogen-bond acceptors (Lipinski definition) is 2. The van der Waals surface area contributed by atoms with E-state index >= 15 is 0 Å². The summed E-state index contributed by atoms with van der Waals surface area (Å²) in [5.41, 5.74) is -0.183. The van der Waals surface area contributed by atoms with E-state index in [1.54, 1.807) is 0 Å². The molecule has 1 N–H and O–H groups in total. The fourth-order valence-electron chi connectivity index (χ4n) is 1.64. The number of rotatable bonds is 4. The number of aliphatic hydroxyl groups is 1. The molecule has 2 nitrogen and oxygen atoms in total. The Morgan fingerprint density at radius 2 is 1.88 bits per heavy atom. The van der Waals surface area contributed by atoms with Crippen molar-refractivity contribution in [2.75, 3.05) is 6.61 Å². The summed E-state index contributed by atoms with van der Waals surface area (Å²) in [5, 5.41) is 9.75. The summed E-state index contributed by atoms with van der Waals surface area (Å²) in [6.07, 6.45) is -3.58. The van der Waals surface area contributed by atoms with Crippen LogP contribution in [0.3, 0.4) is 0 Å². The number of epoxide rings is 1. The highest BCUT2D eigenvalue weighted by atomic mass is 19.4. The monoisotopic (exact) mass is 246 g/mol. The number of benzene rings is 1. The lowest BCUT2D eigenvalue weighted by molar-refractivity contribution is -0.137. The average molecular weight is 246 g/mol. The second kappa shape index (κ2) is 4.66. The van der Waals surface area contributed by atoms with Crippen molar-refractivity contribution in [3.8, 4) is 0 Å². The maximum Gasteiger partial charge on any atom is 0.416 e. The normalized spacial score (nSPS) is 21.3. The Morgan fingerprint density at radius 3 is 2.35 bits per heavy atom. The van der Waals surface area contributed by atoms with Crippen LogP contribution in [-0.2, 0) is 10.9 Å². The lowest BCUT2D eigenvalue weighted by atomic mass is 10.0. The van der Waals surface area contributed by atoms with Gasteiger partial charge in [-0.3, -0.25) is 0 Å². The minimum absolute atomic E-state index is 0.221. The molecule has 1 aliphatic heterocycles. The van der Waals surface area contributed by atoms with Crippen molar-refractivity contribution in [2.45, 2.75) is 31.2 Å². The van der Waals surface area contributed by atoms with E-state index in [0.717, 1.165) is 25.2 Å². The van der Waals surface area contributed by atoms with E-state index in [-0.39, 0.29) is 6.10 Å². The Morgan fingerprint density at radius 1 is 1.29 bits per heavy atom. The molecule has 2 rings (SSSR count). The Bertz CT molecular complexity index is 368. The van der Waals surface area contributed by atoms with Gasteiger partial charge in [0.25, 0.3) is 0 Å². The van der Waals surface area contributed by atoms with Crippen LogP contribution in [0.25, 0.3) is 0 Å². The van der Waals surface area contributed by atoms with Crippen LogP contribution in [0.5, 0.6) is 0 Å². The molecule has 5 heteroatoms. The first-order valence-corrected chi connectivity index (χ1v) is 5.43. The first-order chi connectivity index (χ1) is 7.97. The highest BCUT2D eigenvalue weighted by Crippen LogP contribution is 2.31. The summed E-state index contributed by atoms with van der Waals surface area (Å²) in [6.45, 7) is 0.722. The van der Waals surface area contributed by atoms with Gasteiger partial charge in [-0.1, -0.05) is 12.1 Å². The SMILES string of the molecule is OC(CCC1CO1)c1ccc(C(F)(F)F)cc1. The van der Waals surface area contributed by atoms with Crippen molar-refractivity contribution < 1.29 is 23.0 Å². The predicted molar refractivity (Wildman–Crippen MR) is 55.4 cm³/mol. The molecule has 0 saturated carbocycles. The van der Waals surface area contributed by atoms with Crippen LogP contribution in [-0.4, -0.2) is 17.8 Å².